The van der Waals surface area contributed by atoms with Crippen molar-refractivity contribution in [1.29, 1.82) is 0 Å². The second-order valence-electron chi connectivity index (χ2n) is 11.1. The summed E-state index contributed by atoms with van der Waals surface area (Å²) in [5.41, 5.74) is 3.63. The molecule has 3 N–H and O–H groups in total. The zero-order chi connectivity index (χ0) is 29.5. The Morgan fingerprint density at radius 1 is 1.12 bits per heavy atom. The smallest absolute Gasteiger partial charge is 0.407 e. The molecule has 0 saturated carbocycles. The average molecular weight is 569 g/mol. The Bertz CT molecular complexity index is 1330. The summed E-state index contributed by atoms with van der Waals surface area (Å²) in [4.78, 5) is 31.9. The fourth-order valence-electron chi connectivity index (χ4n) is 5.15. The van der Waals surface area contributed by atoms with Crippen LogP contribution in [0.5, 0.6) is 0 Å². The second kappa shape index (κ2) is 13.8. The number of nitrogens with zero attached hydrogens (tertiary/aromatic N) is 5. The van der Waals surface area contributed by atoms with Gasteiger partial charge in [-0.3, -0.25) is 9.20 Å². The highest BCUT2D eigenvalue weighted by Crippen LogP contribution is 2.27. The summed E-state index contributed by atoms with van der Waals surface area (Å²) in [5.74, 6) is 1.21. The summed E-state index contributed by atoms with van der Waals surface area (Å²) in [7, 11) is 0. The van der Waals surface area contributed by atoms with Crippen LogP contribution in [-0.2, 0) is 14.3 Å². The molecule has 1 fully saturated rings. The number of hydrogen-bond donors (Lipinski definition) is 3. The molecule has 0 aliphatic carbocycles. The van der Waals surface area contributed by atoms with Crippen LogP contribution in [0.2, 0.25) is 0 Å². The minimum atomic E-state index is -0.641. The van der Waals surface area contributed by atoms with E-state index in [0.29, 0.717) is 31.2 Å². The molecule has 2 unspecified atom stereocenters. The van der Waals surface area contributed by atoms with Crippen LogP contribution in [0.4, 0.5) is 16.3 Å². The van der Waals surface area contributed by atoms with E-state index in [9.17, 15) is 9.59 Å². The molecular weight excluding hydrogens is 524 g/mol. The molecule has 2 amide bonds. The van der Waals surface area contributed by atoms with Crippen molar-refractivity contribution in [2.24, 2.45) is 5.92 Å². The number of amides is 2. The Hall–Kier alpha value is -3.67. The second-order valence-corrected chi connectivity index (χ2v) is 11.1. The minimum absolute atomic E-state index is 0.0607. The molecule has 0 radical (unpaired) electrons. The number of aromatic nitrogens is 4. The van der Waals surface area contributed by atoms with Crippen LogP contribution in [-0.4, -0.2) is 82.6 Å². The van der Waals surface area contributed by atoms with Gasteiger partial charge in [-0.1, -0.05) is 20.8 Å². The number of carbonyl (C=O) groups is 2. The van der Waals surface area contributed by atoms with Crippen molar-refractivity contribution in [3.63, 3.8) is 0 Å². The highest BCUT2D eigenvalue weighted by atomic mass is 16.5. The predicted octanol–water partition coefficient (Wildman–Crippen LogP) is 3.67. The zero-order valence-electron chi connectivity index (χ0n) is 25.1. The van der Waals surface area contributed by atoms with Gasteiger partial charge in [-0.2, -0.15) is 0 Å². The third-order valence-electron chi connectivity index (χ3n) is 7.11. The number of morpholine rings is 1. The quantitative estimate of drug-likeness (QED) is 0.280. The molecular formula is C29H44N8O4. The Labute approximate surface area is 241 Å². The van der Waals surface area contributed by atoms with Crippen LogP contribution < -0.4 is 20.9 Å². The molecule has 4 rings (SSSR count). The van der Waals surface area contributed by atoms with Crippen LogP contribution in [0.15, 0.2) is 18.2 Å². The Morgan fingerprint density at radius 2 is 1.85 bits per heavy atom. The van der Waals surface area contributed by atoms with E-state index in [-0.39, 0.29) is 24.0 Å². The van der Waals surface area contributed by atoms with E-state index in [0.717, 1.165) is 54.9 Å². The van der Waals surface area contributed by atoms with Gasteiger partial charge in [0.15, 0.2) is 5.82 Å². The van der Waals surface area contributed by atoms with Crippen LogP contribution in [0.25, 0.3) is 16.7 Å². The van der Waals surface area contributed by atoms with Crippen molar-refractivity contribution >= 4 is 40.2 Å². The average Bonchev–Trinajstić information content (AvgIpc) is 3.33. The molecule has 12 nitrogen and oxygen atoms in total. The number of rotatable bonds is 12. The van der Waals surface area contributed by atoms with E-state index in [4.69, 9.17) is 14.5 Å². The van der Waals surface area contributed by atoms with Gasteiger partial charge in [0.2, 0.25) is 11.6 Å². The number of unbranched alkanes of at least 4 members (excludes halogenated alkanes) is 1. The summed E-state index contributed by atoms with van der Waals surface area (Å²) in [6, 6.07) is 5.69. The Kier molecular flexibility index (Phi) is 10.2. The maximum absolute atomic E-state index is 12.7. The molecule has 1 aromatic carbocycles. The Balaban J connectivity index is 1.36. The third kappa shape index (κ3) is 7.55. The fraction of sp³-hybridized carbons (Fsp3) is 0.621. The van der Waals surface area contributed by atoms with Crippen molar-refractivity contribution in [1.82, 2.24) is 30.2 Å². The lowest BCUT2D eigenvalue weighted by Gasteiger charge is -2.36. The van der Waals surface area contributed by atoms with E-state index in [1.165, 1.54) is 0 Å². The summed E-state index contributed by atoms with van der Waals surface area (Å²) in [5, 5.41) is 17.7. The predicted molar refractivity (Wildman–Crippen MR) is 159 cm³/mol. The standard InChI is InChI=1S/C29H44N8O4/c1-7-14-40-29(39)33-25(18(2)3)28(38)31-13-9-8-12-30-26-27-35-34-21(6)37(27)24-11-10-22(15-23(24)32-26)36-16-19(4)41-20(5)17-36/h10-11,15,18-20,25H,7-9,12-14,16-17H2,1-6H3,(H,30,32)(H,31,38)(H,33,39)/t19?,20?,25-/m0/s1. The van der Waals surface area contributed by atoms with Gasteiger partial charge in [-0.15, -0.1) is 10.2 Å². The number of aryl methyl sites for hydroxylation is 1. The molecule has 3 heterocycles. The molecule has 1 aliphatic rings. The van der Waals surface area contributed by atoms with E-state index in [1.807, 2.05) is 32.1 Å². The highest BCUT2D eigenvalue weighted by Gasteiger charge is 2.25. The van der Waals surface area contributed by atoms with E-state index >= 15 is 0 Å². The van der Waals surface area contributed by atoms with Gasteiger partial charge < -0.3 is 30.3 Å². The number of ether oxygens (including phenoxy) is 2. The van der Waals surface area contributed by atoms with E-state index < -0.39 is 12.1 Å². The lowest BCUT2D eigenvalue weighted by Crippen LogP contribution is -2.50. The molecule has 224 valence electrons. The van der Waals surface area contributed by atoms with Gasteiger partial charge in [0.1, 0.15) is 11.9 Å². The number of anilines is 2. The molecule has 0 spiro atoms. The lowest BCUT2D eigenvalue weighted by molar-refractivity contribution is -0.124. The molecule has 3 aromatic rings. The normalized spacial score (nSPS) is 18.1. The third-order valence-corrected chi connectivity index (χ3v) is 7.11. The minimum Gasteiger partial charge on any atom is -0.450 e. The van der Waals surface area contributed by atoms with Gasteiger partial charge in [-0.25, -0.2) is 9.78 Å². The van der Waals surface area contributed by atoms with Crippen LogP contribution >= 0.6 is 0 Å². The summed E-state index contributed by atoms with van der Waals surface area (Å²) < 4.78 is 13.0. The maximum atomic E-state index is 12.7. The highest BCUT2D eigenvalue weighted by molar-refractivity contribution is 5.86. The summed E-state index contributed by atoms with van der Waals surface area (Å²) in [6.45, 7) is 15.0. The van der Waals surface area contributed by atoms with E-state index in [1.54, 1.807) is 0 Å². The number of nitrogens with one attached hydrogen (secondary N) is 3. The first kappa shape index (κ1) is 30.3. The SMILES string of the molecule is CCCOC(=O)N[C@H](C(=O)NCCCCNc1nc2cc(N3CC(C)OC(C)C3)ccc2n2c(C)nnc12)C(C)C. The first-order valence-corrected chi connectivity index (χ1v) is 14.7. The monoisotopic (exact) mass is 568 g/mol. The largest absolute Gasteiger partial charge is 0.450 e. The van der Waals surface area contributed by atoms with Crippen LogP contribution in [0.3, 0.4) is 0 Å². The molecule has 3 atom stereocenters. The van der Waals surface area contributed by atoms with Crippen molar-refractivity contribution in [3.8, 4) is 0 Å². The van der Waals surface area contributed by atoms with Crippen molar-refractivity contribution in [2.45, 2.75) is 79.1 Å². The Morgan fingerprint density at radius 3 is 2.56 bits per heavy atom. The number of alkyl carbamates (subject to hydrolysis) is 1. The van der Waals surface area contributed by atoms with Crippen molar-refractivity contribution in [2.75, 3.05) is 43.0 Å². The van der Waals surface area contributed by atoms with E-state index in [2.05, 4.69) is 63.1 Å². The van der Waals surface area contributed by atoms with Gasteiger partial charge >= 0.3 is 6.09 Å². The first-order chi connectivity index (χ1) is 19.7. The molecule has 0 bridgehead atoms. The van der Waals surface area contributed by atoms with Crippen molar-refractivity contribution < 1.29 is 19.1 Å². The molecule has 12 heteroatoms. The first-order valence-electron chi connectivity index (χ1n) is 14.7. The van der Waals surface area contributed by atoms with Crippen LogP contribution in [0, 0.1) is 12.8 Å². The lowest BCUT2D eigenvalue weighted by atomic mass is 10.0. The van der Waals surface area contributed by atoms with Gasteiger partial charge in [0.25, 0.3) is 0 Å². The van der Waals surface area contributed by atoms with Gasteiger partial charge in [0, 0.05) is 31.9 Å². The number of benzene rings is 1. The summed E-state index contributed by atoms with van der Waals surface area (Å²) >= 11 is 0. The topological polar surface area (TPSA) is 135 Å². The molecule has 2 aromatic heterocycles. The zero-order valence-corrected chi connectivity index (χ0v) is 25.1. The van der Waals surface area contributed by atoms with Crippen LogP contribution in [0.1, 0.15) is 59.7 Å². The fourth-order valence-corrected chi connectivity index (χ4v) is 5.15. The van der Waals surface area contributed by atoms with Gasteiger partial charge in [-0.05, 0) is 64.2 Å². The van der Waals surface area contributed by atoms with Crippen molar-refractivity contribution in [3.05, 3.63) is 24.0 Å². The number of carbonyl (C=O) groups excluding carboxylic acids is 2. The maximum Gasteiger partial charge on any atom is 0.407 e. The summed E-state index contributed by atoms with van der Waals surface area (Å²) in [6.07, 6.45) is 2.07. The molecule has 1 aliphatic heterocycles. The number of fused-ring (bicyclic) bond motifs is 3. The van der Waals surface area contributed by atoms with Gasteiger partial charge in [0.05, 0.1) is 29.8 Å². The molecule has 1 saturated heterocycles. The molecule has 41 heavy (non-hydrogen) atoms. The number of hydrogen-bond acceptors (Lipinski definition) is 9.